The zero-order valence-corrected chi connectivity index (χ0v) is 18.1. The fraction of sp³-hybridized carbons (Fsp3) is 0.750. The zero-order valence-electron chi connectivity index (χ0n) is 17.2. The highest BCUT2D eigenvalue weighted by atomic mass is 32.1. The molecular formula is C20H34N2O6S. The van der Waals surface area contributed by atoms with E-state index < -0.39 is 0 Å². The maximum atomic E-state index is 11.8. The summed E-state index contributed by atoms with van der Waals surface area (Å²) in [6.07, 6.45) is 7.10. The van der Waals surface area contributed by atoms with E-state index in [1.807, 2.05) is 0 Å². The Morgan fingerprint density at radius 3 is 2.48 bits per heavy atom. The normalized spacial score (nSPS) is 21.1. The smallest absolute Gasteiger partial charge is 0.253 e. The van der Waals surface area contributed by atoms with E-state index in [0.29, 0.717) is 56.9 Å². The maximum absolute atomic E-state index is 11.8. The molecule has 1 saturated carbocycles. The summed E-state index contributed by atoms with van der Waals surface area (Å²) in [6.45, 7) is 2.74. The lowest BCUT2D eigenvalue weighted by atomic mass is 9.81. The number of nitrogens with zero attached hydrogens (tertiary/aromatic N) is 1. The molecule has 0 spiro atoms. The Labute approximate surface area is 178 Å². The van der Waals surface area contributed by atoms with Crippen molar-refractivity contribution >= 4 is 30.4 Å². The van der Waals surface area contributed by atoms with Crippen molar-refractivity contribution in [2.24, 2.45) is 11.8 Å². The van der Waals surface area contributed by atoms with Crippen LogP contribution in [0, 0.1) is 11.8 Å². The minimum absolute atomic E-state index is 0.00589. The fourth-order valence-electron chi connectivity index (χ4n) is 3.38. The van der Waals surface area contributed by atoms with Crippen LogP contribution in [0.25, 0.3) is 0 Å². The molecule has 3 amide bonds. The van der Waals surface area contributed by atoms with Gasteiger partial charge in [0.25, 0.3) is 11.8 Å². The number of carbonyl (C=O) groups excluding carboxylic acids is 3. The van der Waals surface area contributed by atoms with Gasteiger partial charge >= 0.3 is 0 Å². The lowest BCUT2D eigenvalue weighted by Gasteiger charge is -2.31. The molecule has 0 aromatic carbocycles. The fourth-order valence-corrected chi connectivity index (χ4v) is 3.38. The molecule has 2 rings (SSSR count). The lowest BCUT2D eigenvalue weighted by Crippen LogP contribution is -2.38. The summed E-state index contributed by atoms with van der Waals surface area (Å²) in [4.78, 5) is 36.5. The number of carbonyl (C=O) groups is 3. The molecule has 0 aromatic heterocycles. The van der Waals surface area contributed by atoms with Gasteiger partial charge in [0.1, 0.15) is 0 Å². The van der Waals surface area contributed by atoms with Crippen molar-refractivity contribution < 1.29 is 29.0 Å². The Morgan fingerprint density at radius 1 is 1.21 bits per heavy atom. The summed E-state index contributed by atoms with van der Waals surface area (Å²) in [6, 6.07) is 0. The van der Waals surface area contributed by atoms with Gasteiger partial charge in [-0.3, -0.25) is 19.3 Å². The highest BCUT2D eigenvalue weighted by molar-refractivity contribution is 7.80. The van der Waals surface area contributed by atoms with Crippen LogP contribution in [0.1, 0.15) is 32.1 Å². The Hall–Kier alpha value is -1.42. The quantitative estimate of drug-likeness (QED) is 0.254. The van der Waals surface area contributed by atoms with Gasteiger partial charge in [0.05, 0.1) is 26.4 Å². The summed E-state index contributed by atoms with van der Waals surface area (Å²) in [5.41, 5.74) is 0. The van der Waals surface area contributed by atoms with Gasteiger partial charge in [-0.2, -0.15) is 12.6 Å². The molecule has 29 heavy (non-hydrogen) atoms. The van der Waals surface area contributed by atoms with E-state index in [4.69, 9.17) is 14.6 Å². The van der Waals surface area contributed by atoms with E-state index in [2.05, 4.69) is 17.9 Å². The molecule has 0 bridgehead atoms. The first-order chi connectivity index (χ1) is 14.0. The Morgan fingerprint density at radius 2 is 1.86 bits per heavy atom. The number of ether oxygens (including phenoxy) is 2. The van der Waals surface area contributed by atoms with Gasteiger partial charge in [-0.05, 0) is 31.1 Å². The second kappa shape index (κ2) is 15.4. The first kappa shape index (κ1) is 25.6. The molecule has 0 aromatic rings. The van der Waals surface area contributed by atoms with Gasteiger partial charge in [-0.25, -0.2) is 0 Å². The van der Waals surface area contributed by atoms with E-state index in [1.54, 1.807) is 7.11 Å². The van der Waals surface area contributed by atoms with Crippen LogP contribution in [0.4, 0.5) is 0 Å². The topological polar surface area (TPSA) is 105 Å². The van der Waals surface area contributed by atoms with Crippen molar-refractivity contribution in [2.45, 2.75) is 32.1 Å². The van der Waals surface area contributed by atoms with E-state index >= 15 is 0 Å². The number of nitrogens with one attached hydrogen (secondary N) is 1. The second-order valence-corrected chi connectivity index (χ2v) is 7.57. The van der Waals surface area contributed by atoms with Crippen LogP contribution in [-0.2, 0) is 23.9 Å². The van der Waals surface area contributed by atoms with E-state index in [0.717, 1.165) is 25.7 Å². The average molecular weight is 431 g/mol. The summed E-state index contributed by atoms with van der Waals surface area (Å²) in [5, 5.41) is 10.8. The molecule has 1 heterocycles. The number of rotatable bonds is 11. The molecule has 9 heteroatoms. The molecule has 0 radical (unpaired) electrons. The Bertz CT molecular complexity index is 523. The Kier molecular flexibility index (Phi) is 13.6. The van der Waals surface area contributed by atoms with Gasteiger partial charge in [0.15, 0.2) is 0 Å². The van der Waals surface area contributed by atoms with Gasteiger partial charge in [0, 0.05) is 44.5 Å². The SMILES string of the molecule is COCCOCCC(=O)NCC1CCCC(CN2C(=O)C=CC2=O)C1.OCCS. The first-order valence-electron chi connectivity index (χ1n) is 10.1. The number of methoxy groups -OCH3 is 1. The molecule has 0 saturated heterocycles. The van der Waals surface area contributed by atoms with Crippen LogP contribution >= 0.6 is 12.6 Å². The molecule has 166 valence electrons. The van der Waals surface area contributed by atoms with Gasteiger partial charge in [-0.1, -0.05) is 6.42 Å². The molecule has 1 fully saturated rings. The highest BCUT2D eigenvalue weighted by Crippen LogP contribution is 2.29. The molecule has 2 unspecified atom stereocenters. The number of aliphatic hydroxyl groups is 1. The zero-order chi connectivity index (χ0) is 21.5. The largest absolute Gasteiger partial charge is 0.396 e. The molecule has 2 aliphatic rings. The predicted molar refractivity (Wildman–Crippen MR) is 113 cm³/mol. The van der Waals surface area contributed by atoms with Gasteiger partial charge in [0.2, 0.25) is 5.91 Å². The van der Waals surface area contributed by atoms with E-state index in [1.165, 1.54) is 17.1 Å². The first-order valence-corrected chi connectivity index (χ1v) is 10.7. The summed E-state index contributed by atoms with van der Waals surface area (Å²) in [5.74, 6) is 0.857. The van der Waals surface area contributed by atoms with Crippen molar-refractivity contribution in [1.29, 1.82) is 0 Å². The molecule has 2 N–H and O–H groups in total. The van der Waals surface area contributed by atoms with Crippen molar-refractivity contribution in [1.82, 2.24) is 10.2 Å². The van der Waals surface area contributed by atoms with Crippen molar-refractivity contribution in [3.05, 3.63) is 12.2 Å². The molecule has 1 aliphatic carbocycles. The number of hydrogen-bond acceptors (Lipinski definition) is 7. The van der Waals surface area contributed by atoms with Crippen molar-refractivity contribution in [3.8, 4) is 0 Å². The van der Waals surface area contributed by atoms with Gasteiger partial charge in [-0.15, -0.1) is 0 Å². The van der Waals surface area contributed by atoms with Crippen LogP contribution in [-0.4, -0.2) is 80.1 Å². The number of hydrogen-bond donors (Lipinski definition) is 3. The second-order valence-electron chi connectivity index (χ2n) is 7.13. The predicted octanol–water partition coefficient (Wildman–Crippen LogP) is 0.796. The van der Waals surface area contributed by atoms with Crippen LogP contribution in [0.3, 0.4) is 0 Å². The highest BCUT2D eigenvalue weighted by Gasteiger charge is 2.29. The van der Waals surface area contributed by atoms with Crippen molar-refractivity contribution in [3.63, 3.8) is 0 Å². The molecule has 2 atom stereocenters. The van der Waals surface area contributed by atoms with Crippen LogP contribution in [0.2, 0.25) is 0 Å². The van der Waals surface area contributed by atoms with Crippen molar-refractivity contribution in [2.75, 3.05) is 52.4 Å². The van der Waals surface area contributed by atoms with Crippen LogP contribution < -0.4 is 5.32 Å². The van der Waals surface area contributed by atoms with Crippen LogP contribution in [0.15, 0.2) is 12.2 Å². The number of thiol groups is 1. The number of aliphatic hydroxyl groups excluding tert-OH is 1. The van der Waals surface area contributed by atoms with Gasteiger partial charge < -0.3 is 19.9 Å². The molecule has 1 aliphatic heterocycles. The monoisotopic (exact) mass is 430 g/mol. The van der Waals surface area contributed by atoms with E-state index in [9.17, 15) is 14.4 Å². The van der Waals surface area contributed by atoms with Crippen LogP contribution in [0.5, 0.6) is 0 Å². The van der Waals surface area contributed by atoms with E-state index in [-0.39, 0.29) is 24.3 Å². The average Bonchev–Trinajstić information content (AvgIpc) is 3.04. The number of imide groups is 1. The minimum atomic E-state index is -0.214. The standard InChI is InChI=1S/C18H28N2O5.C2H6OS/c1-24-9-10-25-8-7-16(21)19-12-14-3-2-4-15(11-14)13-20-17(22)5-6-18(20)23;3-1-2-4/h5-6,14-15H,2-4,7-13H2,1H3,(H,19,21);3-4H,1-2H2. The molecule has 8 nitrogen and oxygen atoms in total. The number of amides is 3. The molecular weight excluding hydrogens is 396 g/mol. The lowest BCUT2D eigenvalue weighted by molar-refractivity contribution is -0.137. The third-order valence-corrected chi connectivity index (χ3v) is 5.03. The third kappa shape index (κ3) is 10.8. The summed E-state index contributed by atoms with van der Waals surface area (Å²) < 4.78 is 10.2. The summed E-state index contributed by atoms with van der Waals surface area (Å²) >= 11 is 3.67. The third-order valence-electron chi connectivity index (χ3n) is 4.83. The summed E-state index contributed by atoms with van der Waals surface area (Å²) in [7, 11) is 1.61. The minimum Gasteiger partial charge on any atom is -0.396 e. The Balaban J connectivity index is 0.000000960. The maximum Gasteiger partial charge on any atom is 0.253 e.